The third-order valence-corrected chi connectivity index (χ3v) is 3.85. The summed E-state index contributed by atoms with van der Waals surface area (Å²) in [6, 6.07) is 12.4. The van der Waals surface area contributed by atoms with Crippen LogP contribution < -0.4 is 5.32 Å². The highest BCUT2D eigenvalue weighted by Crippen LogP contribution is 2.23. The second-order valence-electron chi connectivity index (χ2n) is 5.38. The Bertz CT molecular complexity index is 826. The average Bonchev–Trinajstić information content (AvgIpc) is 3.28. The van der Waals surface area contributed by atoms with Crippen LogP contribution >= 0.6 is 11.6 Å². The first-order valence-corrected chi connectivity index (χ1v) is 8.24. The fraction of sp³-hybridized carbons (Fsp3) is 0.222. The predicted molar refractivity (Wildman–Crippen MR) is 95.1 cm³/mol. The van der Waals surface area contributed by atoms with Gasteiger partial charge in [-0.2, -0.15) is 5.10 Å². The number of nitrogens with one attached hydrogen (secondary N) is 1. The molecule has 0 aliphatic heterocycles. The first kappa shape index (κ1) is 17.3. The molecular formula is C18H18ClN3O3. The molecule has 3 aromatic rings. The van der Waals surface area contributed by atoms with E-state index < -0.39 is 0 Å². The largest absolute Gasteiger partial charge is 0.463 e. The number of rotatable bonds is 7. The highest BCUT2D eigenvalue weighted by Gasteiger charge is 2.18. The third kappa shape index (κ3) is 4.10. The van der Waals surface area contributed by atoms with E-state index in [1.807, 2.05) is 12.1 Å². The number of hydrogen-bond acceptors (Lipinski definition) is 4. The summed E-state index contributed by atoms with van der Waals surface area (Å²) in [6.07, 6.45) is 2.31. The van der Waals surface area contributed by atoms with Gasteiger partial charge in [0.1, 0.15) is 11.4 Å². The van der Waals surface area contributed by atoms with Gasteiger partial charge >= 0.3 is 0 Å². The predicted octanol–water partition coefficient (Wildman–Crippen LogP) is 3.55. The SMILES string of the molecule is COCCCNC(=O)c1cc(-c2ccco2)nn1-c1ccc(Cl)cc1. The first-order valence-electron chi connectivity index (χ1n) is 7.86. The normalized spacial score (nSPS) is 10.8. The highest BCUT2D eigenvalue weighted by atomic mass is 35.5. The molecule has 0 unspecified atom stereocenters. The van der Waals surface area contributed by atoms with E-state index in [-0.39, 0.29) is 5.91 Å². The molecule has 3 rings (SSSR count). The van der Waals surface area contributed by atoms with Crippen LogP contribution in [0.1, 0.15) is 16.9 Å². The summed E-state index contributed by atoms with van der Waals surface area (Å²) in [4.78, 5) is 12.6. The van der Waals surface area contributed by atoms with Gasteiger partial charge in [0.25, 0.3) is 5.91 Å². The Morgan fingerprint density at radius 3 is 2.80 bits per heavy atom. The lowest BCUT2D eigenvalue weighted by Crippen LogP contribution is -2.27. The van der Waals surface area contributed by atoms with Gasteiger partial charge in [-0.1, -0.05) is 11.6 Å². The summed E-state index contributed by atoms with van der Waals surface area (Å²) in [5, 5.41) is 8.01. The number of carbonyl (C=O) groups excluding carboxylic acids is 1. The summed E-state index contributed by atoms with van der Waals surface area (Å²) in [5.74, 6) is 0.387. The second kappa shape index (κ2) is 8.00. The van der Waals surface area contributed by atoms with Crippen molar-refractivity contribution in [2.75, 3.05) is 20.3 Å². The van der Waals surface area contributed by atoms with Crippen LogP contribution in [-0.2, 0) is 4.74 Å². The number of benzene rings is 1. The van der Waals surface area contributed by atoms with E-state index >= 15 is 0 Å². The lowest BCUT2D eigenvalue weighted by molar-refractivity contribution is 0.0941. The molecule has 0 saturated carbocycles. The summed E-state index contributed by atoms with van der Waals surface area (Å²) in [7, 11) is 1.63. The van der Waals surface area contributed by atoms with Crippen LogP contribution in [0, 0.1) is 0 Å². The molecule has 2 heterocycles. The van der Waals surface area contributed by atoms with Crippen molar-refractivity contribution in [1.82, 2.24) is 15.1 Å². The lowest BCUT2D eigenvalue weighted by Gasteiger charge is -2.08. The zero-order valence-electron chi connectivity index (χ0n) is 13.7. The monoisotopic (exact) mass is 359 g/mol. The van der Waals surface area contributed by atoms with Crippen LogP contribution in [0.3, 0.4) is 0 Å². The molecule has 7 heteroatoms. The Balaban J connectivity index is 1.91. The molecule has 1 amide bonds. The van der Waals surface area contributed by atoms with Gasteiger partial charge in [0.2, 0.25) is 0 Å². The Labute approximate surface area is 150 Å². The molecule has 0 radical (unpaired) electrons. The topological polar surface area (TPSA) is 69.3 Å². The van der Waals surface area contributed by atoms with Gasteiger partial charge in [0.05, 0.1) is 12.0 Å². The molecule has 0 fully saturated rings. The Morgan fingerprint density at radius 1 is 1.32 bits per heavy atom. The lowest BCUT2D eigenvalue weighted by atomic mass is 10.2. The number of furan rings is 1. The van der Waals surface area contributed by atoms with Crippen LogP contribution in [0.4, 0.5) is 0 Å². The molecule has 0 saturated heterocycles. The summed E-state index contributed by atoms with van der Waals surface area (Å²) in [6.45, 7) is 1.11. The number of hydrogen-bond donors (Lipinski definition) is 1. The zero-order chi connectivity index (χ0) is 17.6. The van der Waals surface area contributed by atoms with Crippen molar-refractivity contribution < 1.29 is 13.9 Å². The second-order valence-corrected chi connectivity index (χ2v) is 5.82. The molecule has 0 atom stereocenters. The number of nitrogens with zero attached hydrogens (tertiary/aromatic N) is 2. The minimum atomic E-state index is -0.212. The van der Waals surface area contributed by atoms with Gasteiger partial charge in [-0.3, -0.25) is 4.79 Å². The van der Waals surface area contributed by atoms with Crippen molar-refractivity contribution in [3.63, 3.8) is 0 Å². The molecule has 0 bridgehead atoms. The van der Waals surface area contributed by atoms with Gasteiger partial charge < -0.3 is 14.5 Å². The van der Waals surface area contributed by atoms with Crippen LogP contribution in [0.25, 0.3) is 17.1 Å². The summed E-state index contributed by atoms with van der Waals surface area (Å²) in [5.41, 5.74) is 1.75. The van der Waals surface area contributed by atoms with Gasteiger partial charge in [0.15, 0.2) is 5.76 Å². The fourth-order valence-electron chi connectivity index (χ4n) is 2.38. The van der Waals surface area contributed by atoms with Crippen LogP contribution in [0.5, 0.6) is 0 Å². The molecule has 0 aliphatic carbocycles. The van der Waals surface area contributed by atoms with Crippen molar-refractivity contribution >= 4 is 17.5 Å². The number of aromatic nitrogens is 2. The maximum Gasteiger partial charge on any atom is 0.270 e. The van der Waals surface area contributed by atoms with Gasteiger partial charge in [0, 0.05) is 31.4 Å². The molecule has 25 heavy (non-hydrogen) atoms. The zero-order valence-corrected chi connectivity index (χ0v) is 14.5. The Hall–Kier alpha value is -2.57. The minimum Gasteiger partial charge on any atom is -0.463 e. The van der Waals surface area contributed by atoms with E-state index in [1.165, 1.54) is 0 Å². The Morgan fingerprint density at radius 2 is 2.12 bits per heavy atom. The quantitative estimate of drug-likeness (QED) is 0.655. The first-order chi connectivity index (χ1) is 12.2. The number of amides is 1. The van der Waals surface area contributed by atoms with Crippen LogP contribution in [0.2, 0.25) is 5.02 Å². The van der Waals surface area contributed by atoms with Crippen molar-refractivity contribution in [2.45, 2.75) is 6.42 Å². The highest BCUT2D eigenvalue weighted by molar-refractivity contribution is 6.30. The van der Waals surface area contributed by atoms with E-state index in [2.05, 4.69) is 10.4 Å². The molecule has 1 aromatic carbocycles. The molecule has 130 valence electrons. The van der Waals surface area contributed by atoms with E-state index in [4.69, 9.17) is 20.8 Å². The molecule has 2 aromatic heterocycles. The van der Waals surface area contributed by atoms with Crippen LogP contribution in [0.15, 0.2) is 53.1 Å². The number of ether oxygens (including phenoxy) is 1. The van der Waals surface area contributed by atoms with E-state index in [0.29, 0.717) is 35.3 Å². The van der Waals surface area contributed by atoms with E-state index in [1.54, 1.807) is 48.4 Å². The number of halogens is 1. The van der Waals surface area contributed by atoms with Crippen LogP contribution in [-0.4, -0.2) is 35.9 Å². The standard InChI is InChI=1S/C18H18ClN3O3/c1-24-10-3-9-20-18(23)16-12-15(17-4-2-11-25-17)21-22(16)14-7-5-13(19)6-8-14/h2,4-8,11-12H,3,9-10H2,1H3,(H,20,23). The third-order valence-electron chi connectivity index (χ3n) is 3.60. The maximum atomic E-state index is 12.6. The summed E-state index contributed by atoms with van der Waals surface area (Å²) >= 11 is 5.95. The van der Waals surface area contributed by atoms with Gasteiger partial charge in [-0.25, -0.2) is 4.68 Å². The number of carbonyl (C=O) groups is 1. The average molecular weight is 360 g/mol. The summed E-state index contributed by atoms with van der Waals surface area (Å²) < 4.78 is 12.0. The molecule has 1 N–H and O–H groups in total. The molecular weight excluding hydrogens is 342 g/mol. The van der Waals surface area contributed by atoms with Crippen molar-refractivity contribution in [3.05, 3.63) is 59.4 Å². The Kier molecular flexibility index (Phi) is 5.53. The smallest absolute Gasteiger partial charge is 0.270 e. The molecule has 0 aliphatic rings. The minimum absolute atomic E-state index is 0.212. The van der Waals surface area contributed by atoms with Crippen molar-refractivity contribution in [1.29, 1.82) is 0 Å². The maximum absolute atomic E-state index is 12.6. The van der Waals surface area contributed by atoms with E-state index in [0.717, 1.165) is 12.1 Å². The fourth-order valence-corrected chi connectivity index (χ4v) is 2.50. The number of methoxy groups -OCH3 is 1. The molecule has 6 nitrogen and oxygen atoms in total. The van der Waals surface area contributed by atoms with Gasteiger partial charge in [-0.15, -0.1) is 0 Å². The van der Waals surface area contributed by atoms with E-state index in [9.17, 15) is 4.79 Å². The van der Waals surface area contributed by atoms with Gasteiger partial charge in [-0.05, 0) is 42.8 Å². The van der Waals surface area contributed by atoms with Crippen molar-refractivity contribution in [2.24, 2.45) is 0 Å². The molecule has 0 spiro atoms. The van der Waals surface area contributed by atoms with Crippen molar-refractivity contribution in [3.8, 4) is 17.1 Å².